The molecule has 4 fully saturated rings. The van der Waals surface area contributed by atoms with Crippen LogP contribution in [0.2, 0.25) is 0 Å². The largest absolute Gasteiger partial charge is 0.378 e. The highest BCUT2D eigenvalue weighted by Crippen LogP contribution is 2.83. The molecular weight excluding hydrogens is 332 g/mol. The van der Waals surface area contributed by atoms with E-state index in [1.165, 1.54) is 0 Å². The maximum atomic E-state index is 15.2. The molecule has 8 unspecified atom stereocenters. The lowest BCUT2D eigenvalue weighted by Crippen LogP contribution is -2.64. The Morgan fingerprint density at radius 2 is 0.957 bits per heavy atom. The molecule has 0 aromatic heterocycles. The van der Waals surface area contributed by atoms with Crippen molar-refractivity contribution in [3.05, 3.63) is 12.2 Å². The number of halogens is 8. The number of rotatable bonds is 0. The topological polar surface area (TPSA) is 0 Å². The van der Waals surface area contributed by atoms with E-state index in [4.69, 9.17) is 0 Å². The predicted molar refractivity (Wildman–Crippen MR) is 61.8 cm³/mol. The second-order valence-electron chi connectivity index (χ2n) is 7.70. The molecule has 0 N–H and O–H groups in total. The highest BCUT2D eigenvalue weighted by atomic mass is 19.4. The molecule has 0 nitrogen and oxygen atoms in total. The first-order valence-corrected chi connectivity index (χ1v) is 7.64. The molecule has 5 rings (SSSR count). The van der Waals surface area contributed by atoms with Gasteiger partial charge in [0.15, 0.2) is 0 Å². The van der Waals surface area contributed by atoms with E-state index in [9.17, 15) is 26.3 Å². The molecule has 0 radical (unpaired) electrons. The molecule has 0 amide bonds. The summed E-state index contributed by atoms with van der Waals surface area (Å²) < 4.78 is 114. The van der Waals surface area contributed by atoms with Gasteiger partial charge in [-0.2, -0.15) is 26.3 Å². The summed E-state index contributed by atoms with van der Waals surface area (Å²) in [6.07, 6.45) is 3.35. The molecule has 5 aliphatic rings. The molecule has 23 heavy (non-hydrogen) atoms. The Balaban J connectivity index is 1.77. The summed E-state index contributed by atoms with van der Waals surface area (Å²) >= 11 is 0. The Kier molecular flexibility index (Phi) is 2.08. The standard InChI is InChI=1S/C15H12F8/c16-11-7-4-8(10-6-2-1-5(3-6)9(7)10)12(11,17)14(20,21)15(22,23)13(11,18)19/h1-2,5-10H,3-4H2. The van der Waals surface area contributed by atoms with Crippen LogP contribution in [0, 0.1) is 35.5 Å². The van der Waals surface area contributed by atoms with E-state index >= 15 is 8.78 Å². The van der Waals surface area contributed by atoms with Crippen molar-refractivity contribution in [3.63, 3.8) is 0 Å². The summed E-state index contributed by atoms with van der Waals surface area (Å²) in [5.41, 5.74) is -9.03. The molecule has 0 aromatic carbocycles. The van der Waals surface area contributed by atoms with Gasteiger partial charge in [0.2, 0.25) is 11.3 Å². The van der Waals surface area contributed by atoms with Crippen LogP contribution >= 0.6 is 0 Å². The smallest absolute Gasteiger partial charge is 0.233 e. The molecule has 0 spiro atoms. The van der Waals surface area contributed by atoms with Gasteiger partial charge in [0.05, 0.1) is 0 Å². The van der Waals surface area contributed by atoms with Gasteiger partial charge in [0, 0.05) is 11.8 Å². The molecule has 0 aliphatic heterocycles. The molecule has 8 heteroatoms. The number of hydrogen-bond donors (Lipinski definition) is 0. The monoisotopic (exact) mass is 344 g/mol. The molecule has 4 saturated carbocycles. The predicted octanol–water partition coefficient (Wildman–Crippen LogP) is 4.41. The fourth-order valence-corrected chi connectivity index (χ4v) is 6.59. The average Bonchev–Trinajstić information content (AvgIpc) is 3.18. The summed E-state index contributed by atoms with van der Waals surface area (Å²) in [4.78, 5) is 0. The third kappa shape index (κ3) is 0.980. The highest BCUT2D eigenvalue weighted by molar-refractivity contribution is 5.42. The number of hydrogen-bond acceptors (Lipinski definition) is 0. The van der Waals surface area contributed by atoms with Crippen molar-refractivity contribution >= 4 is 0 Å². The minimum atomic E-state index is -6.04. The van der Waals surface area contributed by atoms with Crippen LogP contribution in [-0.4, -0.2) is 29.1 Å². The van der Waals surface area contributed by atoms with E-state index in [2.05, 4.69) is 0 Å². The van der Waals surface area contributed by atoms with Crippen LogP contribution in [-0.2, 0) is 0 Å². The lowest BCUT2D eigenvalue weighted by atomic mass is 9.62. The van der Waals surface area contributed by atoms with Gasteiger partial charge in [-0.1, -0.05) is 12.2 Å². The van der Waals surface area contributed by atoms with Crippen LogP contribution in [0.5, 0.6) is 0 Å². The van der Waals surface area contributed by atoms with Crippen molar-refractivity contribution in [2.45, 2.75) is 41.9 Å². The van der Waals surface area contributed by atoms with Gasteiger partial charge in [0.1, 0.15) is 0 Å². The second-order valence-corrected chi connectivity index (χ2v) is 7.70. The summed E-state index contributed by atoms with van der Waals surface area (Å²) in [6, 6.07) is 0. The minimum absolute atomic E-state index is 0.309. The highest BCUT2D eigenvalue weighted by Gasteiger charge is 3.05. The quantitative estimate of drug-likeness (QED) is 0.347. The normalized spacial score (nSPS) is 61.9. The summed E-state index contributed by atoms with van der Waals surface area (Å²) in [5, 5.41) is 0. The van der Waals surface area contributed by atoms with Crippen molar-refractivity contribution in [1.82, 2.24) is 0 Å². The Bertz CT molecular complexity index is 591. The Labute approximate surface area is 125 Å². The average molecular weight is 344 g/mol. The number of allylic oxidation sites excluding steroid dienone is 2. The fraction of sp³-hybridized carbons (Fsp3) is 0.867. The molecule has 0 heterocycles. The molecule has 5 aliphatic carbocycles. The molecule has 128 valence electrons. The van der Waals surface area contributed by atoms with Crippen molar-refractivity contribution in [2.75, 3.05) is 0 Å². The maximum absolute atomic E-state index is 15.2. The van der Waals surface area contributed by atoms with E-state index in [1.807, 2.05) is 0 Å². The zero-order valence-corrected chi connectivity index (χ0v) is 11.6. The van der Waals surface area contributed by atoms with Gasteiger partial charge in [-0.05, 0) is 36.5 Å². The lowest BCUT2D eigenvalue weighted by molar-refractivity contribution is -0.298. The van der Waals surface area contributed by atoms with Gasteiger partial charge >= 0.3 is 17.8 Å². The zero-order valence-electron chi connectivity index (χ0n) is 11.6. The molecule has 0 aromatic rings. The van der Waals surface area contributed by atoms with Gasteiger partial charge in [-0.15, -0.1) is 0 Å². The van der Waals surface area contributed by atoms with E-state index in [0.717, 1.165) is 0 Å². The third-order valence-electron chi connectivity index (χ3n) is 7.27. The molecule has 4 bridgehead atoms. The first kappa shape index (κ1) is 14.5. The van der Waals surface area contributed by atoms with Gasteiger partial charge in [-0.3, -0.25) is 0 Å². The first-order valence-electron chi connectivity index (χ1n) is 7.64. The van der Waals surface area contributed by atoms with Crippen molar-refractivity contribution in [1.29, 1.82) is 0 Å². The van der Waals surface area contributed by atoms with E-state index in [-0.39, 0.29) is 11.8 Å². The van der Waals surface area contributed by atoms with Gasteiger partial charge < -0.3 is 0 Å². The Morgan fingerprint density at radius 1 is 0.565 bits per heavy atom. The lowest BCUT2D eigenvalue weighted by Gasteiger charge is -2.47. The van der Waals surface area contributed by atoms with E-state index in [0.29, 0.717) is 6.42 Å². The van der Waals surface area contributed by atoms with Crippen molar-refractivity contribution in [3.8, 4) is 0 Å². The zero-order chi connectivity index (χ0) is 16.8. The summed E-state index contributed by atoms with van der Waals surface area (Å²) in [6.45, 7) is 0. The third-order valence-corrected chi connectivity index (χ3v) is 7.27. The van der Waals surface area contributed by atoms with Gasteiger partial charge in [0.25, 0.3) is 0 Å². The SMILES string of the molecule is FC1(F)C(F)(F)C2(F)C3CC(C4C5C=CC(C5)C43)C2(F)C1(F)F. The Morgan fingerprint density at radius 3 is 1.35 bits per heavy atom. The maximum Gasteiger partial charge on any atom is 0.378 e. The van der Waals surface area contributed by atoms with Crippen LogP contribution in [0.4, 0.5) is 35.1 Å². The molecule has 8 atom stereocenters. The van der Waals surface area contributed by atoms with Crippen molar-refractivity contribution in [2.24, 2.45) is 35.5 Å². The molecule has 0 saturated heterocycles. The first-order chi connectivity index (χ1) is 10.4. The number of alkyl halides is 8. The van der Waals surface area contributed by atoms with Crippen LogP contribution < -0.4 is 0 Å². The molecular formula is C15H12F8. The van der Waals surface area contributed by atoms with Gasteiger partial charge in [-0.25, -0.2) is 8.78 Å². The Hall–Kier alpha value is -0.820. The van der Waals surface area contributed by atoms with E-state index in [1.54, 1.807) is 12.2 Å². The van der Waals surface area contributed by atoms with Crippen LogP contribution in [0.15, 0.2) is 12.2 Å². The summed E-state index contributed by atoms with van der Waals surface area (Å²) in [5.74, 6) is -23.2. The van der Waals surface area contributed by atoms with Crippen LogP contribution in [0.3, 0.4) is 0 Å². The van der Waals surface area contributed by atoms with E-state index < -0.39 is 59.2 Å². The number of fused-ring (bicyclic) bond motifs is 12. The van der Waals surface area contributed by atoms with Crippen LogP contribution in [0.1, 0.15) is 12.8 Å². The minimum Gasteiger partial charge on any atom is -0.233 e. The fourth-order valence-electron chi connectivity index (χ4n) is 6.59. The summed E-state index contributed by atoms with van der Waals surface area (Å²) in [7, 11) is 0. The second kappa shape index (κ2) is 3.29. The van der Waals surface area contributed by atoms with Crippen molar-refractivity contribution < 1.29 is 35.1 Å². The van der Waals surface area contributed by atoms with Crippen LogP contribution in [0.25, 0.3) is 0 Å².